The van der Waals surface area contributed by atoms with E-state index in [1.54, 1.807) is 24.3 Å². The van der Waals surface area contributed by atoms with Gasteiger partial charge in [0.15, 0.2) is 0 Å². The van der Waals surface area contributed by atoms with Crippen molar-refractivity contribution in [3.05, 3.63) is 54.1 Å². The first-order valence-corrected chi connectivity index (χ1v) is 10.8. The quantitative estimate of drug-likeness (QED) is 0.539. The van der Waals surface area contributed by atoms with Crippen LogP contribution in [-0.2, 0) is 9.53 Å². The minimum absolute atomic E-state index is 0.114. The van der Waals surface area contributed by atoms with Crippen molar-refractivity contribution in [2.75, 3.05) is 30.4 Å². The summed E-state index contributed by atoms with van der Waals surface area (Å²) in [5.74, 6) is 0.496. The van der Waals surface area contributed by atoms with E-state index in [0.29, 0.717) is 17.9 Å². The standard InChI is InChI=1S/C24H31N3O4/c1-3-17(2)26-24(29)18-6-8-20(9-7-18)27-23(28)15-25-19-10-12-21(13-11-19)31-16-22-5-4-14-30-22/h6-13,17,22,25H,3-5,14-16H2,1-2H3,(H,26,29)(H,27,28). The molecule has 1 saturated heterocycles. The molecule has 166 valence electrons. The molecule has 7 heteroatoms. The van der Waals surface area contributed by atoms with Crippen LogP contribution < -0.4 is 20.7 Å². The van der Waals surface area contributed by atoms with Crippen LogP contribution >= 0.6 is 0 Å². The number of hydrogen-bond acceptors (Lipinski definition) is 5. The van der Waals surface area contributed by atoms with Crippen LogP contribution in [0.2, 0.25) is 0 Å². The van der Waals surface area contributed by atoms with Gasteiger partial charge in [-0.05, 0) is 74.7 Å². The molecule has 0 aromatic heterocycles. The van der Waals surface area contributed by atoms with Gasteiger partial charge in [0.2, 0.25) is 5.91 Å². The third kappa shape index (κ3) is 7.29. The summed E-state index contributed by atoms with van der Waals surface area (Å²) in [7, 11) is 0. The summed E-state index contributed by atoms with van der Waals surface area (Å²) in [6.45, 7) is 5.49. The van der Waals surface area contributed by atoms with Crippen molar-refractivity contribution >= 4 is 23.2 Å². The first-order valence-electron chi connectivity index (χ1n) is 10.8. The molecule has 7 nitrogen and oxygen atoms in total. The first-order chi connectivity index (χ1) is 15.0. The lowest BCUT2D eigenvalue weighted by Crippen LogP contribution is -2.31. The molecule has 2 atom stereocenters. The highest BCUT2D eigenvalue weighted by molar-refractivity contribution is 5.96. The minimum Gasteiger partial charge on any atom is -0.491 e. The van der Waals surface area contributed by atoms with E-state index in [1.807, 2.05) is 38.1 Å². The minimum atomic E-state index is -0.171. The van der Waals surface area contributed by atoms with Crippen LogP contribution in [0.3, 0.4) is 0 Å². The first kappa shape index (κ1) is 22.6. The maximum Gasteiger partial charge on any atom is 0.251 e. The number of nitrogens with one attached hydrogen (secondary N) is 3. The van der Waals surface area contributed by atoms with Gasteiger partial charge in [0, 0.05) is 29.6 Å². The Hall–Kier alpha value is -3.06. The molecular formula is C24H31N3O4. The Balaban J connectivity index is 1.40. The number of ether oxygens (including phenoxy) is 2. The second-order valence-corrected chi connectivity index (χ2v) is 7.73. The van der Waals surface area contributed by atoms with Gasteiger partial charge in [-0.2, -0.15) is 0 Å². The molecule has 1 fully saturated rings. The van der Waals surface area contributed by atoms with E-state index in [4.69, 9.17) is 9.47 Å². The van der Waals surface area contributed by atoms with Gasteiger partial charge in [0.05, 0.1) is 12.6 Å². The second kappa shape index (κ2) is 11.4. The van der Waals surface area contributed by atoms with E-state index in [2.05, 4.69) is 16.0 Å². The van der Waals surface area contributed by atoms with Crippen LogP contribution in [0.5, 0.6) is 5.75 Å². The van der Waals surface area contributed by atoms with Gasteiger partial charge in [0.25, 0.3) is 5.91 Å². The Morgan fingerprint density at radius 2 is 1.81 bits per heavy atom. The zero-order valence-electron chi connectivity index (χ0n) is 18.1. The van der Waals surface area contributed by atoms with Gasteiger partial charge < -0.3 is 25.4 Å². The molecule has 0 saturated carbocycles. The molecular weight excluding hydrogens is 394 g/mol. The van der Waals surface area contributed by atoms with Crippen molar-refractivity contribution in [3.63, 3.8) is 0 Å². The fourth-order valence-electron chi connectivity index (χ4n) is 3.14. The number of hydrogen-bond donors (Lipinski definition) is 3. The maximum absolute atomic E-state index is 12.2. The summed E-state index contributed by atoms with van der Waals surface area (Å²) in [4.78, 5) is 24.3. The van der Waals surface area contributed by atoms with Gasteiger partial charge in [-0.15, -0.1) is 0 Å². The molecule has 2 unspecified atom stereocenters. The summed E-state index contributed by atoms with van der Waals surface area (Å²) in [6.07, 6.45) is 3.20. The highest BCUT2D eigenvalue weighted by Gasteiger charge is 2.16. The zero-order chi connectivity index (χ0) is 22.1. The zero-order valence-corrected chi connectivity index (χ0v) is 18.1. The average Bonchev–Trinajstić information content (AvgIpc) is 3.31. The second-order valence-electron chi connectivity index (χ2n) is 7.73. The highest BCUT2D eigenvalue weighted by atomic mass is 16.5. The molecule has 0 bridgehead atoms. The molecule has 3 rings (SSSR count). The van der Waals surface area contributed by atoms with Crippen LogP contribution in [-0.4, -0.2) is 43.7 Å². The molecule has 1 aliphatic rings. The Labute approximate surface area is 183 Å². The van der Waals surface area contributed by atoms with Crippen LogP contribution in [0.15, 0.2) is 48.5 Å². The van der Waals surface area contributed by atoms with Gasteiger partial charge in [0.1, 0.15) is 12.4 Å². The monoisotopic (exact) mass is 425 g/mol. The molecule has 0 aliphatic carbocycles. The maximum atomic E-state index is 12.2. The van der Waals surface area contributed by atoms with E-state index in [1.165, 1.54) is 0 Å². The van der Waals surface area contributed by atoms with Crippen molar-refractivity contribution in [1.82, 2.24) is 5.32 Å². The summed E-state index contributed by atoms with van der Waals surface area (Å²) in [5, 5.41) is 8.83. The lowest BCUT2D eigenvalue weighted by atomic mass is 10.1. The lowest BCUT2D eigenvalue weighted by molar-refractivity contribution is -0.114. The molecule has 3 N–H and O–H groups in total. The van der Waals surface area contributed by atoms with Crippen molar-refractivity contribution in [3.8, 4) is 5.75 Å². The molecule has 0 radical (unpaired) electrons. The molecule has 2 amide bonds. The van der Waals surface area contributed by atoms with E-state index in [-0.39, 0.29) is 30.5 Å². The van der Waals surface area contributed by atoms with Crippen LogP contribution in [0.4, 0.5) is 11.4 Å². The molecule has 1 heterocycles. The highest BCUT2D eigenvalue weighted by Crippen LogP contribution is 2.18. The number of rotatable bonds is 10. The summed E-state index contributed by atoms with van der Waals surface area (Å²) < 4.78 is 11.3. The Morgan fingerprint density at radius 1 is 1.10 bits per heavy atom. The molecule has 1 aliphatic heterocycles. The van der Waals surface area contributed by atoms with Crippen molar-refractivity contribution < 1.29 is 19.1 Å². The number of carbonyl (C=O) groups is 2. The summed E-state index contributed by atoms with van der Waals surface area (Å²) >= 11 is 0. The van der Waals surface area contributed by atoms with E-state index < -0.39 is 0 Å². The fraction of sp³-hybridized carbons (Fsp3) is 0.417. The molecule has 31 heavy (non-hydrogen) atoms. The van der Waals surface area contributed by atoms with Crippen LogP contribution in [0.1, 0.15) is 43.5 Å². The van der Waals surface area contributed by atoms with Gasteiger partial charge in [-0.1, -0.05) is 6.92 Å². The Kier molecular flexibility index (Phi) is 8.29. The predicted octanol–water partition coefficient (Wildman–Crippen LogP) is 3.82. The number of carbonyl (C=O) groups excluding carboxylic acids is 2. The molecule has 0 spiro atoms. The summed E-state index contributed by atoms with van der Waals surface area (Å²) in [6, 6.07) is 14.5. The Morgan fingerprint density at radius 3 is 2.45 bits per heavy atom. The average molecular weight is 426 g/mol. The largest absolute Gasteiger partial charge is 0.491 e. The van der Waals surface area contributed by atoms with Crippen LogP contribution in [0, 0.1) is 0 Å². The van der Waals surface area contributed by atoms with Crippen molar-refractivity contribution in [1.29, 1.82) is 0 Å². The lowest BCUT2D eigenvalue weighted by Gasteiger charge is -2.13. The molecule has 2 aromatic carbocycles. The normalized spacial score (nSPS) is 16.4. The fourth-order valence-corrected chi connectivity index (χ4v) is 3.14. The molecule has 2 aromatic rings. The smallest absolute Gasteiger partial charge is 0.251 e. The Bertz CT molecular complexity index is 846. The third-order valence-corrected chi connectivity index (χ3v) is 5.19. The van der Waals surface area contributed by atoms with Gasteiger partial charge in [-0.25, -0.2) is 0 Å². The van der Waals surface area contributed by atoms with E-state index in [9.17, 15) is 9.59 Å². The van der Waals surface area contributed by atoms with Crippen molar-refractivity contribution in [2.24, 2.45) is 0 Å². The number of amides is 2. The van der Waals surface area contributed by atoms with Crippen LogP contribution in [0.25, 0.3) is 0 Å². The van der Waals surface area contributed by atoms with Gasteiger partial charge >= 0.3 is 0 Å². The number of benzene rings is 2. The van der Waals surface area contributed by atoms with Gasteiger partial charge in [-0.3, -0.25) is 9.59 Å². The SMILES string of the molecule is CCC(C)NC(=O)c1ccc(NC(=O)CNc2ccc(OCC3CCCO3)cc2)cc1. The predicted molar refractivity (Wildman–Crippen MR) is 122 cm³/mol. The van der Waals surface area contributed by atoms with E-state index >= 15 is 0 Å². The van der Waals surface area contributed by atoms with Crippen molar-refractivity contribution in [2.45, 2.75) is 45.3 Å². The third-order valence-electron chi connectivity index (χ3n) is 5.19. The number of anilines is 2. The summed E-state index contributed by atoms with van der Waals surface area (Å²) in [5.41, 5.74) is 2.04. The topological polar surface area (TPSA) is 88.7 Å². The van der Waals surface area contributed by atoms with E-state index in [0.717, 1.165) is 37.3 Å².